The Morgan fingerprint density at radius 2 is 1.82 bits per heavy atom. The van der Waals surface area contributed by atoms with E-state index in [1.165, 1.54) is 24.3 Å². The van der Waals surface area contributed by atoms with Crippen molar-refractivity contribution in [2.24, 2.45) is 0 Å². The van der Waals surface area contributed by atoms with Crippen molar-refractivity contribution in [1.29, 1.82) is 0 Å². The van der Waals surface area contributed by atoms with Crippen LogP contribution < -0.4 is 10.6 Å². The smallest absolute Gasteiger partial charge is 0.423 e. The number of ketones is 1. The van der Waals surface area contributed by atoms with Crippen LogP contribution in [0, 0.1) is 15.9 Å². The van der Waals surface area contributed by atoms with Crippen molar-refractivity contribution in [1.82, 2.24) is 5.32 Å². The van der Waals surface area contributed by atoms with Gasteiger partial charge in [-0.25, -0.2) is 4.39 Å². The molecule has 1 aliphatic rings. The van der Waals surface area contributed by atoms with Crippen molar-refractivity contribution >= 4 is 34.0 Å². The highest BCUT2D eigenvalue weighted by atomic mass is 19.4. The predicted molar refractivity (Wildman–Crippen MR) is 136 cm³/mol. The van der Waals surface area contributed by atoms with Gasteiger partial charge in [-0.05, 0) is 62.1 Å². The van der Waals surface area contributed by atoms with Gasteiger partial charge in [0.15, 0.2) is 0 Å². The maximum Gasteiger partial charge on any atom is 0.423 e. The van der Waals surface area contributed by atoms with Gasteiger partial charge in [-0.2, -0.15) is 13.2 Å². The number of hydrogen-bond donors (Lipinski definition) is 2. The molecule has 0 saturated heterocycles. The number of nitro groups is 1. The summed E-state index contributed by atoms with van der Waals surface area (Å²) in [6.45, 7) is 0.323. The first-order valence-electron chi connectivity index (χ1n) is 12.7. The Balaban J connectivity index is 1.14. The quantitative estimate of drug-likeness (QED) is 0.103. The van der Waals surface area contributed by atoms with Crippen molar-refractivity contribution in [3.05, 3.63) is 69.7 Å². The number of rotatable bonds is 11. The molecule has 1 saturated carbocycles. The summed E-state index contributed by atoms with van der Waals surface area (Å²) in [7, 11) is 0. The van der Waals surface area contributed by atoms with E-state index < -0.39 is 39.9 Å². The summed E-state index contributed by atoms with van der Waals surface area (Å²) in [5, 5.41) is 17.0. The molecule has 1 aromatic heterocycles. The van der Waals surface area contributed by atoms with E-state index in [1.54, 1.807) is 6.07 Å². The van der Waals surface area contributed by atoms with Crippen LogP contribution in [0.15, 0.2) is 46.9 Å². The Morgan fingerprint density at radius 1 is 1.07 bits per heavy atom. The molecule has 0 aliphatic heterocycles. The first-order valence-corrected chi connectivity index (χ1v) is 12.7. The summed E-state index contributed by atoms with van der Waals surface area (Å²) < 4.78 is 64.2. The van der Waals surface area contributed by atoms with Crippen LogP contribution in [0.2, 0.25) is 0 Å². The van der Waals surface area contributed by atoms with Crippen LogP contribution in [0.5, 0.6) is 0 Å². The molecular formula is C27H27F4N3O6. The van der Waals surface area contributed by atoms with Crippen LogP contribution >= 0.6 is 0 Å². The van der Waals surface area contributed by atoms with Crippen molar-refractivity contribution in [3.63, 3.8) is 0 Å². The number of nitro benzene ring substituents is 1. The summed E-state index contributed by atoms with van der Waals surface area (Å²) in [5.41, 5.74) is -1.64. The van der Waals surface area contributed by atoms with Crippen molar-refractivity contribution < 1.29 is 41.2 Å². The molecule has 1 aliphatic carbocycles. The molecule has 4 rings (SSSR count). The number of nitrogens with zero attached hydrogens (tertiary/aromatic N) is 1. The minimum Gasteiger partial charge on any atom is -0.461 e. The van der Waals surface area contributed by atoms with Crippen LogP contribution in [-0.4, -0.2) is 41.9 Å². The maximum absolute atomic E-state index is 13.3. The van der Waals surface area contributed by atoms with E-state index in [4.69, 9.17) is 9.15 Å². The van der Waals surface area contributed by atoms with Crippen molar-refractivity contribution in [3.8, 4) is 0 Å². The third-order valence-electron chi connectivity index (χ3n) is 6.67. The zero-order valence-electron chi connectivity index (χ0n) is 21.3. The molecule has 0 bridgehead atoms. The van der Waals surface area contributed by atoms with Gasteiger partial charge in [-0.1, -0.05) is 0 Å². The van der Waals surface area contributed by atoms with Crippen molar-refractivity contribution in [2.75, 3.05) is 18.5 Å². The van der Waals surface area contributed by atoms with Gasteiger partial charge >= 0.3 is 6.18 Å². The topological polar surface area (TPSA) is 124 Å². The van der Waals surface area contributed by atoms with Crippen LogP contribution in [0.1, 0.15) is 43.4 Å². The molecule has 0 unspecified atom stereocenters. The van der Waals surface area contributed by atoms with Gasteiger partial charge in [0.2, 0.25) is 5.78 Å². The summed E-state index contributed by atoms with van der Waals surface area (Å²) in [6, 6.07) is 8.47. The monoisotopic (exact) mass is 565 g/mol. The van der Waals surface area contributed by atoms with Gasteiger partial charge < -0.3 is 19.8 Å². The molecule has 2 N–H and O–H groups in total. The minimum atomic E-state index is -4.85. The Labute approximate surface area is 226 Å². The zero-order chi connectivity index (χ0) is 28.9. The number of furan rings is 1. The molecule has 2 aromatic carbocycles. The third-order valence-corrected chi connectivity index (χ3v) is 6.67. The number of amides is 1. The number of anilines is 1. The average molecular weight is 566 g/mol. The number of nitrogens with one attached hydrogen (secondary N) is 2. The largest absolute Gasteiger partial charge is 0.461 e. The Hall–Kier alpha value is -4.00. The van der Waals surface area contributed by atoms with E-state index in [1.807, 2.05) is 0 Å². The molecule has 3 aromatic rings. The number of alkyl halides is 3. The zero-order valence-corrected chi connectivity index (χ0v) is 21.3. The molecule has 9 nitrogen and oxygen atoms in total. The van der Waals surface area contributed by atoms with Crippen LogP contribution in [0.3, 0.4) is 0 Å². The SMILES string of the molecule is O=C(CCc1cc2cc(F)ccc2o1)C(=O)NCCOC1CCC(Nc2ccc([N+](=O)[O-])c(C(F)(F)F)c2)CC1. The van der Waals surface area contributed by atoms with E-state index in [0.29, 0.717) is 42.4 Å². The molecule has 214 valence electrons. The molecule has 1 amide bonds. The van der Waals surface area contributed by atoms with Gasteiger partial charge in [-0.15, -0.1) is 0 Å². The molecule has 1 fully saturated rings. The van der Waals surface area contributed by atoms with E-state index in [0.717, 1.165) is 12.1 Å². The van der Waals surface area contributed by atoms with Crippen LogP contribution in [0.4, 0.5) is 28.9 Å². The number of benzene rings is 2. The molecule has 40 heavy (non-hydrogen) atoms. The van der Waals surface area contributed by atoms with Crippen LogP contribution in [-0.2, 0) is 26.9 Å². The summed E-state index contributed by atoms with van der Waals surface area (Å²) in [6.07, 6.45) is -2.33. The summed E-state index contributed by atoms with van der Waals surface area (Å²) in [5.74, 6) is -1.27. The van der Waals surface area contributed by atoms with Crippen molar-refractivity contribution in [2.45, 2.75) is 56.8 Å². The normalized spacial score (nSPS) is 17.5. The second-order valence-corrected chi connectivity index (χ2v) is 9.55. The van der Waals surface area contributed by atoms with Gasteiger partial charge in [0.1, 0.15) is 22.7 Å². The van der Waals surface area contributed by atoms with Gasteiger partial charge in [-0.3, -0.25) is 19.7 Å². The third kappa shape index (κ3) is 7.56. The molecule has 0 atom stereocenters. The lowest BCUT2D eigenvalue weighted by molar-refractivity contribution is -0.388. The van der Waals surface area contributed by atoms with Crippen LogP contribution in [0.25, 0.3) is 11.0 Å². The molecular weight excluding hydrogens is 538 g/mol. The lowest BCUT2D eigenvalue weighted by Crippen LogP contribution is -2.35. The average Bonchev–Trinajstić information content (AvgIpc) is 3.32. The number of carbonyl (C=O) groups excluding carboxylic acids is 2. The lowest BCUT2D eigenvalue weighted by Gasteiger charge is -2.30. The molecule has 0 spiro atoms. The van der Waals surface area contributed by atoms with E-state index in [2.05, 4.69) is 10.6 Å². The van der Waals surface area contributed by atoms with E-state index in [9.17, 15) is 37.3 Å². The number of carbonyl (C=O) groups is 2. The second kappa shape index (κ2) is 12.5. The Kier molecular flexibility index (Phi) is 9.03. The Morgan fingerprint density at radius 3 is 2.52 bits per heavy atom. The predicted octanol–water partition coefficient (Wildman–Crippen LogP) is 5.56. The highest BCUT2D eigenvalue weighted by Crippen LogP contribution is 2.38. The second-order valence-electron chi connectivity index (χ2n) is 9.55. The standard InChI is InChI=1S/C27H27F4N3O6/c28-17-1-10-25-16(13-17)14-21(40-25)7-9-24(35)26(36)32-11-12-39-20-5-2-18(3-6-20)33-19-4-8-23(34(37)38)22(15-19)27(29,30)31/h1,4,8,10,13-15,18,20,33H,2-3,5-7,9,11-12H2,(H,32,36). The maximum atomic E-state index is 13.3. The number of Topliss-reactive ketones (excluding diaryl/α,β-unsaturated/α-hetero) is 1. The van der Waals surface area contributed by atoms with Gasteiger partial charge in [0, 0.05) is 42.6 Å². The van der Waals surface area contributed by atoms with Gasteiger partial charge in [0.25, 0.3) is 11.6 Å². The molecule has 1 heterocycles. The minimum absolute atomic E-state index is 0.0643. The summed E-state index contributed by atoms with van der Waals surface area (Å²) in [4.78, 5) is 34.1. The molecule has 13 heteroatoms. The first kappa shape index (κ1) is 29.0. The number of hydrogen-bond acceptors (Lipinski definition) is 7. The van der Waals surface area contributed by atoms with E-state index in [-0.39, 0.29) is 43.8 Å². The van der Waals surface area contributed by atoms with E-state index >= 15 is 0 Å². The molecule has 0 radical (unpaired) electrons. The number of fused-ring (bicyclic) bond motifs is 1. The fourth-order valence-corrected chi connectivity index (χ4v) is 4.65. The number of ether oxygens (including phenoxy) is 1. The highest BCUT2D eigenvalue weighted by Gasteiger charge is 2.38. The Bertz CT molecular complexity index is 1380. The highest BCUT2D eigenvalue weighted by molar-refractivity contribution is 6.36. The summed E-state index contributed by atoms with van der Waals surface area (Å²) >= 11 is 0. The number of aryl methyl sites for hydroxylation is 1. The fourth-order valence-electron chi connectivity index (χ4n) is 4.65. The van der Waals surface area contributed by atoms with Gasteiger partial charge in [0.05, 0.1) is 17.6 Å². The fraction of sp³-hybridized carbons (Fsp3) is 0.407. The number of halogens is 4. The first-order chi connectivity index (χ1) is 19.0. The lowest BCUT2D eigenvalue weighted by atomic mass is 9.92.